The van der Waals surface area contributed by atoms with Crippen LogP contribution in [0.5, 0.6) is 0 Å². The van der Waals surface area contributed by atoms with Crippen molar-refractivity contribution in [2.24, 2.45) is 5.41 Å². The topological polar surface area (TPSA) is 35.5 Å². The molecule has 2 atom stereocenters. The predicted molar refractivity (Wildman–Crippen MR) is 71.1 cm³/mol. The van der Waals surface area contributed by atoms with Crippen molar-refractivity contribution in [3.05, 3.63) is 0 Å². The molecule has 0 aromatic rings. The summed E-state index contributed by atoms with van der Waals surface area (Å²) < 4.78 is 0. The third kappa shape index (κ3) is 3.21. The zero-order chi connectivity index (χ0) is 12.3. The first-order chi connectivity index (χ1) is 8.17. The molecule has 0 spiro atoms. The smallest absolute Gasteiger partial charge is 0.0680 e. The van der Waals surface area contributed by atoms with Gasteiger partial charge in [-0.3, -0.25) is 0 Å². The second-order valence-corrected chi connectivity index (χ2v) is 6.00. The monoisotopic (exact) mass is 240 g/mol. The summed E-state index contributed by atoms with van der Waals surface area (Å²) in [4.78, 5) is 2.58. The van der Waals surface area contributed by atoms with Gasteiger partial charge in [0.25, 0.3) is 0 Å². The van der Waals surface area contributed by atoms with Crippen LogP contribution in [0.1, 0.15) is 46.0 Å². The maximum absolute atomic E-state index is 9.51. The predicted octanol–water partition coefficient (Wildman–Crippen LogP) is 1.61. The Hall–Kier alpha value is -0.120. The number of nitrogens with one attached hydrogen (secondary N) is 1. The molecule has 0 aliphatic carbocycles. The second-order valence-electron chi connectivity index (χ2n) is 6.00. The lowest BCUT2D eigenvalue weighted by Crippen LogP contribution is -2.44. The number of likely N-dealkylation sites (tertiary alicyclic amines) is 1. The second kappa shape index (κ2) is 5.68. The first kappa shape index (κ1) is 13.3. The molecule has 2 aliphatic heterocycles. The fourth-order valence-corrected chi connectivity index (χ4v) is 3.42. The minimum Gasteiger partial charge on any atom is -0.392 e. The molecule has 2 fully saturated rings. The Balaban J connectivity index is 1.75. The largest absolute Gasteiger partial charge is 0.392 e. The fraction of sp³-hybridized carbons (Fsp3) is 1.00. The lowest BCUT2D eigenvalue weighted by molar-refractivity contribution is 0.0886. The van der Waals surface area contributed by atoms with E-state index in [9.17, 15) is 5.11 Å². The highest BCUT2D eigenvalue weighted by Crippen LogP contribution is 2.37. The van der Waals surface area contributed by atoms with Gasteiger partial charge in [-0.05, 0) is 37.8 Å². The van der Waals surface area contributed by atoms with Crippen LogP contribution in [0.3, 0.4) is 0 Å². The molecule has 0 aromatic carbocycles. The van der Waals surface area contributed by atoms with Crippen molar-refractivity contribution in [1.82, 2.24) is 10.2 Å². The van der Waals surface area contributed by atoms with Gasteiger partial charge in [0.1, 0.15) is 0 Å². The minimum atomic E-state index is -0.116. The highest BCUT2D eigenvalue weighted by molar-refractivity contribution is 4.88. The van der Waals surface area contributed by atoms with E-state index < -0.39 is 0 Å². The number of β-amino-alcohol motifs (C(OH)–C–C–N with tert-alkyl or cyclic N) is 1. The number of hydrogen-bond acceptors (Lipinski definition) is 3. The Bertz CT molecular complexity index is 230. The van der Waals surface area contributed by atoms with E-state index in [-0.39, 0.29) is 6.10 Å². The van der Waals surface area contributed by atoms with Gasteiger partial charge < -0.3 is 15.3 Å². The van der Waals surface area contributed by atoms with Crippen molar-refractivity contribution >= 4 is 0 Å². The molecule has 3 heteroatoms. The summed E-state index contributed by atoms with van der Waals surface area (Å²) in [7, 11) is 0. The molecule has 0 bridgehead atoms. The molecule has 0 amide bonds. The summed E-state index contributed by atoms with van der Waals surface area (Å²) in [5, 5.41) is 12.9. The zero-order valence-corrected chi connectivity index (χ0v) is 11.4. The third-order valence-corrected chi connectivity index (χ3v) is 5.09. The molecule has 17 heavy (non-hydrogen) atoms. The van der Waals surface area contributed by atoms with Crippen LogP contribution in [-0.2, 0) is 0 Å². The van der Waals surface area contributed by atoms with Crippen LogP contribution in [0, 0.1) is 5.41 Å². The van der Waals surface area contributed by atoms with Crippen molar-refractivity contribution in [3.63, 3.8) is 0 Å². The average molecular weight is 240 g/mol. The molecule has 2 rings (SSSR count). The van der Waals surface area contributed by atoms with Gasteiger partial charge in [0.2, 0.25) is 0 Å². The van der Waals surface area contributed by atoms with Crippen LogP contribution >= 0.6 is 0 Å². The first-order valence-electron chi connectivity index (χ1n) is 7.31. The summed E-state index contributed by atoms with van der Waals surface area (Å²) in [6.45, 7) is 9.08. The maximum Gasteiger partial charge on any atom is 0.0680 e. The molecule has 3 nitrogen and oxygen atoms in total. The third-order valence-electron chi connectivity index (χ3n) is 5.09. The van der Waals surface area contributed by atoms with Gasteiger partial charge in [0, 0.05) is 19.1 Å². The van der Waals surface area contributed by atoms with Crippen molar-refractivity contribution < 1.29 is 5.11 Å². The van der Waals surface area contributed by atoms with Crippen LogP contribution in [0.4, 0.5) is 0 Å². The maximum atomic E-state index is 9.51. The van der Waals surface area contributed by atoms with E-state index in [0.717, 1.165) is 19.5 Å². The zero-order valence-electron chi connectivity index (χ0n) is 11.4. The van der Waals surface area contributed by atoms with Crippen LogP contribution in [-0.4, -0.2) is 48.3 Å². The number of aliphatic hydroxyl groups excluding tert-OH is 1. The van der Waals surface area contributed by atoms with Gasteiger partial charge in [-0.25, -0.2) is 0 Å². The number of piperidine rings is 1. The van der Waals surface area contributed by atoms with Crippen molar-refractivity contribution in [2.75, 3.05) is 26.2 Å². The van der Waals surface area contributed by atoms with E-state index in [1.807, 2.05) is 0 Å². The quantitative estimate of drug-likeness (QED) is 0.784. The number of nitrogens with zero attached hydrogens (tertiary/aromatic N) is 1. The molecule has 2 N–H and O–H groups in total. The van der Waals surface area contributed by atoms with E-state index in [1.54, 1.807) is 0 Å². The van der Waals surface area contributed by atoms with E-state index >= 15 is 0 Å². The first-order valence-corrected chi connectivity index (χ1v) is 7.31. The van der Waals surface area contributed by atoms with Crippen LogP contribution in [0.2, 0.25) is 0 Å². The van der Waals surface area contributed by atoms with E-state index in [4.69, 9.17) is 0 Å². The normalized spacial score (nSPS) is 34.1. The molecule has 2 heterocycles. The van der Waals surface area contributed by atoms with Gasteiger partial charge in [-0.2, -0.15) is 0 Å². The van der Waals surface area contributed by atoms with Gasteiger partial charge in [-0.1, -0.05) is 26.7 Å². The van der Waals surface area contributed by atoms with Gasteiger partial charge in [0.05, 0.1) is 6.10 Å². The summed E-state index contributed by atoms with van der Waals surface area (Å²) >= 11 is 0. The molecule has 2 aliphatic rings. The average Bonchev–Trinajstić information content (AvgIpc) is 2.76. The molecule has 0 aromatic heterocycles. The summed E-state index contributed by atoms with van der Waals surface area (Å²) in [6, 6.07) is 0.515. The molecule has 100 valence electrons. The summed E-state index contributed by atoms with van der Waals surface area (Å²) in [5.74, 6) is 0. The molecular weight excluding hydrogens is 212 g/mol. The number of aliphatic hydroxyl groups is 1. The van der Waals surface area contributed by atoms with Crippen LogP contribution < -0.4 is 5.32 Å². The van der Waals surface area contributed by atoms with E-state index in [0.29, 0.717) is 11.5 Å². The van der Waals surface area contributed by atoms with Gasteiger partial charge in [-0.15, -0.1) is 0 Å². The van der Waals surface area contributed by atoms with Crippen molar-refractivity contribution in [1.29, 1.82) is 0 Å². The summed E-state index contributed by atoms with van der Waals surface area (Å²) in [6.07, 6.45) is 6.19. The molecule has 0 saturated carbocycles. The molecule has 2 saturated heterocycles. The van der Waals surface area contributed by atoms with E-state index in [2.05, 4.69) is 24.1 Å². The van der Waals surface area contributed by atoms with Gasteiger partial charge in [0.15, 0.2) is 0 Å². The SMILES string of the molecule is CCC1(CC)CCN(CC2CC(O)CN2)CC1. The Labute approximate surface area is 106 Å². The molecule has 2 unspecified atom stereocenters. The minimum absolute atomic E-state index is 0.116. The number of rotatable bonds is 4. The Morgan fingerprint density at radius 3 is 2.35 bits per heavy atom. The Kier molecular flexibility index (Phi) is 4.45. The Morgan fingerprint density at radius 1 is 1.24 bits per heavy atom. The highest BCUT2D eigenvalue weighted by atomic mass is 16.3. The summed E-state index contributed by atoms with van der Waals surface area (Å²) in [5.41, 5.74) is 0.624. The number of hydrogen-bond donors (Lipinski definition) is 2. The highest BCUT2D eigenvalue weighted by Gasteiger charge is 2.32. The van der Waals surface area contributed by atoms with Crippen LogP contribution in [0.25, 0.3) is 0 Å². The van der Waals surface area contributed by atoms with Crippen molar-refractivity contribution in [3.8, 4) is 0 Å². The standard InChI is InChI=1S/C14H28N2O/c1-3-14(4-2)5-7-16(8-6-14)11-12-9-13(17)10-15-12/h12-13,15,17H,3-11H2,1-2H3. The van der Waals surface area contributed by atoms with E-state index in [1.165, 1.54) is 38.8 Å². The molecular formula is C14H28N2O. The van der Waals surface area contributed by atoms with Gasteiger partial charge >= 0.3 is 0 Å². The van der Waals surface area contributed by atoms with Crippen molar-refractivity contribution in [2.45, 2.75) is 58.1 Å². The Morgan fingerprint density at radius 2 is 1.88 bits per heavy atom. The molecule has 0 radical (unpaired) electrons. The fourth-order valence-electron chi connectivity index (χ4n) is 3.42. The lowest BCUT2D eigenvalue weighted by Gasteiger charge is -2.41. The lowest BCUT2D eigenvalue weighted by atomic mass is 9.74. The van der Waals surface area contributed by atoms with Crippen LogP contribution in [0.15, 0.2) is 0 Å².